The normalized spacial score (nSPS) is 15.3. The van der Waals surface area contributed by atoms with E-state index in [9.17, 15) is 14.0 Å². The van der Waals surface area contributed by atoms with Crippen LogP contribution in [0.4, 0.5) is 15.9 Å². The van der Waals surface area contributed by atoms with Gasteiger partial charge in [-0.15, -0.1) is 0 Å². The number of anilines is 2. The molecule has 0 bridgehead atoms. The SMILES string of the molecule is O=c1[nH]c2c(c(=O)[nH]1)C(c1ccc(F)cc1)c1c(ccc3cn[nH]c13)N2. The van der Waals surface area contributed by atoms with Gasteiger partial charge in [0.15, 0.2) is 0 Å². The summed E-state index contributed by atoms with van der Waals surface area (Å²) in [6, 6.07) is 9.74. The fourth-order valence-corrected chi connectivity index (χ4v) is 3.58. The lowest BCUT2D eigenvalue weighted by molar-refractivity contribution is 0.626. The average molecular weight is 349 g/mol. The van der Waals surface area contributed by atoms with Crippen molar-refractivity contribution in [2.75, 3.05) is 5.32 Å². The van der Waals surface area contributed by atoms with Crippen molar-refractivity contribution in [2.24, 2.45) is 0 Å². The summed E-state index contributed by atoms with van der Waals surface area (Å²) < 4.78 is 13.4. The quantitative estimate of drug-likeness (QED) is 0.372. The van der Waals surface area contributed by atoms with Crippen LogP contribution in [0.15, 0.2) is 52.2 Å². The van der Waals surface area contributed by atoms with Crippen LogP contribution in [0.25, 0.3) is 10.9 Å². The van der Waals surface area contributed by atoms with E-state index in [2.05, 4.69) is 25.5 Å². The van der Waals surface area contributed by atoms with Gasteiger partial charge in [-0.25, -0.2) is 9.18 Å². The zero-order valence-corrected chi connectivity index (χ0v) is 13.3. The second-order valence-corrected chi connectivity index (χ2v) is 6.17. The maximum absolute atomic E-state index is 13.4. The predicted octanol–water partition coefficient (Wildman–Crippen LogP) is 2.32. The lowest BCUT2D eigenvalue weighted by atomic mass is 9.82. The molecule has 8 heteroatoms. The summed E-state index contributed by atoms with van der Waals surface area (Å²) in [4.78, 5) is 29.2. The number of hydrogen-bond donors (Lipinski definition) is 4. The zero-order chi connectivity index (χ0) is 17.8. The van der Waals surface area contributed by atoms with Gasteiger partial charge in [0.25, 0.3) is 5.56 Å². The molecule has 0 aliphatic carbocycles. The van der Waals surface area contributed by atoms with E-state index >= 15 is 0 Å². The first-order valence-corrected chi connectivity index (χ1v) is 7.97. The number of nitrogens with zero attached hydrogens (tertiary/aromatic N) is 1. The number of halogens is 1. The van der Waals surface area contributed by atoms with E-state index < -0.39 is 17.2 Å². The number of H-pyrrole nitrogens is 3. The molecule has 0 spiro atoms. The van der Waals surface area contributed by atoms with Gasteiger partial charge in [-0.05, 0) is 29.8 Å². The Balaban J connectivity index is 1.89. The maximum atomic E-state index is 13.4. The Kier molecular flexibility index (Phi) is 2.90. The first-order chi connectivity index (χ1) is 12.6. The van der Waals surface area contributed by atoms with Gasteiger partial charge in [-0.1, -0.05) is 12.1 Å². The lowest BCUT2D eigenvalue weighted by Crippen LogP contribution is -2.32. The molecule has 1 unspecified atom stereocenters. The van der Waals surface area contributed by atoms with Gasteiger partial charge in [0, 0.05) is 22.6 Å². The Hall–Kier alpha value is -3.68. The number of benzene rings is 2. The van der Waals surface area contributed by atoms with Crippen molar-refractivity contribution in [1.82, 2.24) is 20.2 Å². The van der Waals surface area contributed by atoms with E-state index in [4.69, 9.17) is 0 Å². The summed E-state index contributed by atoms with van der Waals surface area (Å²) in [6.45, 7) is 0. The Morgan fingerprint density at radius 2 is 1.77 bits per heavy atom. The topological polar surface area (TPSA) is 106 Å². The van der Waals surface area contributed by atoms with Gasteiger partial charge in [-0.3, -0.25) is 19.9 Å². The lowest BCUT2D eigenvalue weighted by Gasteiger charge is -2.28. The van der Waals surface area contributed by atoms with Crippen molar-refractivity contribution >= 4 is 22.4 Å². The van der Waals surface area contributed by atoms with Crippen LogP contribution in [0, 0.1) is 5.82 Å². The standard InChI is InChI=1S/C18H12FN5O2/c19-10-4-1-8(2-5-10)12-13-11(6-3-9-7-20-24-15(9)13)21-16-14(12)17(25)23-18(26)22-16/h1-7,12H,(H,20,24)(H3,21,22,23,25,26). The van der Waals surface area contributed by atoms with E-state index in [-0.39, 0.29) is 5.82 Å². The van der Waals surface area contributed by atoms with Crippen LogP contribution < -0.4 is 16.6 Å². The Bertz CT molecular complexity index is 1270. The van der Waals surface area contributed by atoms with Gasteiger partial charge in [-0.2, -0.15) is 5.10 Å². The highest BCUT2D eigenvalue weighted by Crippen LogP contribution is 2.44. The van der Waals surface area contributed by atoms with Crippen LogP contribution in [0.5, 0.6) is 0 Å². The second-order valence-electron chi connectivity index (χ2n) is 6.17. The van der Waals surface area contributed by atoms with Gasteiger partial charge >= 0.3 is 5.69 Å². The minimum atomic E-state index is -0.592. The van der Waals surface area contributed by atoms with Crippen molar-refractivity contribution in [1.29, 1.82) is 0 Å². The highest BCUT2D eigenvalue weighted by molar-refractivity contribution is 5.91. The van der Waals surface area contributed by atoms with E-state index in [1.165, 1.54) is 12.1 Å². The molecule has 1 aliphatic rings. The molecule has 26 heavy (non-hydrogen) atoms. The van der Waals surface area contributed by atoms with E-state index in [0.29, 0.717) is 11.4 Å². The largest absolute Gasteiger partial charge is 0.341 e. The summed E-state index contributed by atoms with van der Waals surface area (Å²) in [6.07, 6.45) is 1.70. The maximum Gasteiger partial charge on any atom is 0.327 e. The smallest absolute Gasteiger partial charge is 0.327 e. The summed E-state index contributed by atoms with van der Waals surface area (Å²) in [5.41, 5.74) is 2.35. The molecule has 0 amide bonds. The summed E-state index contributed by atoms with van der Waals surface area (Å²) >= 11 is 0. The molecular formula is C18H12FN5O2. The molecule has 2 aromatic carbocycles. The zero-order valence-electron chi connectivity index (χ0n) is 13.3. The predicted molar refractivity (Wildman–Crippen MR) is 94.4 cm³/mol. The third-order valence-corrected chi connectivity index (χ3v) is 4.68. The molecule has 0 saturated carbocycles. The first-order valence-electron chi connectivity index (χ1n) is 7.97. The first kappa shape index (κ1) is 14.6. The Morgan fingerprint density at radius 1 is 0.962 bits per heavy atom. The van der Waals surface area contributed by atoms with Crippen LogP contribution >= 0.6 is 0 Å². The summed E-state index contributed by atoms with van der Waals surface area (Å²) in [5.74, 6) is -0.524. The van der Waals surface area contributed by atoms with Crippen LogP contribution in [-0.4, -0.2) is 20.2 Å². The molecule has 4 N–H and O–H groups in total. The molecule has 0 saturated heterocycles. The van der Waals surface area contributed by atoms with Crippen molar-refractivity contribution in [2.45, 2.75) is 5.92 Å². The number of fused-ring (bicyclic) bond motifs is 4. The van der Waals surface area contributed by atoms with E-state index in [1.54, 1.807) is 18.3 Å². The molecule has 7 nitrogen and oxygen atoms in total. The third kappa shape index (κ3) is 2.02. The van der Waals surface area contributed by atoms with Gasteiger partial charge in [0.05, 0.1) is 17.3 Å². The summed E-state index contributed by atoms with van der Waals surface area (Å²) in [5, 5.41) is 11.1. The van der Waals surface area contributed by atoms with Crippen LogP contribution in [-0.2, 0) is 0 Å². The van der Waals surface area contributed by atoms with Gasteiger partial charge in [0.2, 0.25) is 0 Å². The average Bonchev–Trinajstić information content (AvgIpc) is 3.09. The number of aromatic nitrogens is 4. The fraction of sp³-hybridized carbons (Fsp3) is 0.0556. The van der Waals surface area contributed by atoms with E-state index in [0.717, 1.165) is 27.7 Å². The number of nitrogens with one attached hydrogen (secondary N) is 4. The third-order valence-electron chi connectivity index (χ3n) is 4.68. The van der Waals surface area contributed by atoms with Crippen LogP contribution in [0.2, 0.25) is 0 Å². The van der Waals surface area contributed by atoms with Crippen molar-refractivity contribution in [3.63, 3.8) is 0 Å². The molecular weight excluding hydrogens is 337 g/mol. The molecule has 1 aliphatic heterocycles. The molecule has 0 radical (unpaired) electrons. The number of aromatic amines is 3. The Labute approximate surface area is 144 Å². The van der Waals surface area contributed by atoms with Gasteiger partial charge < -0.3 is 5.32 Å². The molecule has 2 aromatic heterocycles. The Morgan fingerprint density at radius 3 is 2.58 bits per heavy atom. The van der Waals surface area contributed by atoms with Crippen LogP contribution in [0.1, 0.15) is 22.6 Å². The molecule has 0 fully saturated rings. The highest BCUT2D eigenvalue weighted by atomic mass is 19.1. The molecule has 3 heterocycles. The molecule has 5 rings (SSSR count). The van der Waals surface area contributed by atoms with E-state index in [1.807, 2.05) is 12.1 Å². The number of rotatable bonds is 1. The summed E-state index contributed by atoms with van der Waals surface area (Å²) in [7, 11) is 0. The van der Waals surface area contributed by atoms with Gasteiger partial charge in [0.1, 0.15) is 11.6 Å². The number of hydrogen-bond acceptors (Lipinski definition) is 4. The molecule has 128 valence electrons. The molecule has 1 atom stereocenters. The second kappa shape index (κ2) is 5.16. The highest BCUT2D eigenvalue weighted by Gasteiger charge is 2.32. The fourth-order valence-electron chi connectivity index (χ4n) is 3.58. The van der Waals surface area contributed by atoms with Crippen molar-refractivity contribution < 1.29 is 4.39 Å². The molecule has 4 aromatic rings. The van der Waals surface area contributed by atoms with Crippen molar-refractivity contribution in [3.8, 4) is 0 Å². The minimum absolute atomic E-state index is 0.333. The van der Waals surface area contributed by atoms with Crippen molar-refractivity contribution in [3.05, 3.63) is 85.9 Å². The monoisotopic (exact) mass is 349 g/mol. The minimum Gasteiger partial charge on any atom is -0.341 e. The van der Waals surface area contributed by atoms with Crippen LogP contribution in [0.3, 0.4) is 0 Å².